The minimum Gasteiger partial charge on any atom is -0.461 e. The second-order valence-electron chi connectivity index (χ2n) is 6.35. The van der Waals surface area contributed by atoms with Gasteiger partial charge in [-0.3, -0.25) is 4.90 Å². The SMILES string of the molecule is CO[C@@H]1C[C@H](c2nc(C)no2)N(Cc2c(C)oc3ccccc23)C1. The number of nitrogens with zero attached hydrogens (tertiary/aromatic N) is 3. The van der Waals surface area contributed by atoms with Gasteiger partial charge in [-0.2, -0.15) is 4.98 Å². The average Bonchev–Trinajstić information content (AvgIpc) is 3.26. The first kappa shape index (κ1) is 15.4. The lowest BCUT2D eigenvalue weighted by molar-refractivity contribution is 0.107. The van der Waals surface area contributed by atoms with Gasteiger partial charge in [0.2, 0.25) is 5.89 Å². The largest absolute Gasteiger partial charge is 0.461 e. The molecule has 0 unspecified atom stereocenters. The van der Waals surface area contributed by atoms with Crippen LogP contribution in [0.2, 0.25) is 0 Å². The number of hydrogen-bond acceptors (Lipinski definition) is 6. The number of benzene rings is 1. The zero-order valence-corrected chi connectivity index (χ0v) is 14.2. The van der Waals surface area contributed by atoms with E-state index >= 15 is 0 Å². The fourth-order valence-corrected chi connectivity index (χ4v) is 3.53. The van der Waals surface area contributed by atoms with E-state index in [4.69, 9.17) is 13.7 Å². The Morgan fingerprint density at radius 3 is 2.88 bits per heavy atom. The van der Waals surface area contributed by atoms with Gasteiger partial charge >= 0.3 is 0 Å². The minimum atomic E-state index is 0.0733. The van der Waals surface area contributed by atoms with Gasteiger partial charge in [-0.1, -0.05) is 23.4 Å². The molecule has 1 aromatic carbocycles. The highest BCUT2D eigenvalue weighted by molar-refractivity contribution is 5.82. The lowest BCUT2D eigenvalue weighted by Gasteiger charge is -2.21. The smallest absolute Gasteiger partial charge is 0.244 e. The van der Waals surface area contributed by atoms with Gasteiger partial charge in [0, 0.05) is 31.1 Å². The van der Waals surface area contributed by atoms with Gasteiger partial charge in [-0.05, 0) is 26.3 Å². The number of hydrogen-bond donors (Lipinski definition) is 0. The highest BCUT2D eigenvalue weighted by Gasteiger charge is 2.37. The number of para-hydroxylation sites is 1. The molecule has 1 saturated heterocycles. The molecular weight excluding hydrogens is 306 g/mol. The van der Waals surface area contributed by atoms with Crippen molar-refractivity contribution in [3.8, 4) is 0 Å². The van der Waals surface area contributed by atoms with E-state index in [-0.39, 0.29) is 12.1 Å². The quantitative estimate of drug-likeness (QED) is 0.732. The topological polar surface area (TPSA) is 64.5 Å². The Kier molecular flexibility index (Phi) is 3.86. The zero-order chi connectivity index (χ0) is 16.7. The molecule has 2 atom stereocenters. The Bertz CT molecular complexity index is 854. The summed E-state index contributed by atoms with van der Waals surface area (Å²) in [6.07, 6.45) is 1.02. The molecule has 6 heteroatoms. The van der Waals surface area contributed by atoms with E-state index in [1.807, 2.05) is 32.0 Å². The molecular formula is C18H21N3O3. The maximum atomic E-state index is 5.90. The molecule has 1 aliphatic rings. The minimum absolute atomic E-state index is 0.0733. The number of aryl methyl sites for hydroxylation is 2. The number of methoxy groups -OCH3 is 1. The molecule has 0 aliphatic carbocycles. The molecule has 0 spiro atoms. The third-order valence-corrected chi connectivity index (χ3v) is 4.79. The van der Waals surface area contributed by atoms with Crippen molar-refractivity contribution in [1.29, 1.82) is 0 Å². The molecule has 0 bridgehead atoms. The summed E-state index contributed by atoms with van der Waals surface area (Å²) in [4.78, 5) is 6.77. The molecule has 0 radical (unpaired) electrons. The number of fused-ring (bicyclic) bond motifs is 1. The summed E-state index contributed by atoms with van der Waals surface area (Å²) in [6, 6.07) is 8.23. The van der Waals surface area contributed by atoms with Crippen LogP contribution >= 0.6 is 0 Å². The van der Waals surface area contributed by atoms with Crippen LogP contribution in [-0.4, -0.2) is 34.8 Å². The van der Waals surface area contributed by atoms with E-state index in [9.17, 15) is 0 Å². The molecule has 0 saturated carbocycles. The van der Waals surface area contributed by atoms with Gasteiger partial charge in [0.1, 0.15) is 11.3 Å². The fraction of sp³-hybridized carbons (Fsp3) is 0.444. The van der Waals surface area contributed by atoms with Crippen LogP contribution in [0.4, 0.5) is 0 Å². The summed E-state index contributed by atoms with van der Waals surface area (Å²) in [6.45, 7) is 5.47. The van der Waals surface area contributed by atoms with E-state index in [1.54, 1.807) is 7.11 Å². The van der Waals surface area contributed by atoms with Crippen LogP contribution in [0.1, 0.15) is 35.5 Å². The number of likely N-dealkylation sites (tertiary alicyclic amines) is 1. The van der Waals surface area contributed by atoms with Gasteiger partial charge in [0.25, 0.3) is 0 Å². The van der Waals surface area contributed by atoms with Gasteiger partial charge < -0.3 is 13.7 Å². The molecule has 3 aromatic rings. The summed E-state index contributed by atoms with van der Waals surface area (Å²) >= 11 is 0. The summed E-state index contributed by atoms with van der Waals surface area (Å²) < 4.78 is 16.9. The molecule has 0 N–H and O–H groups in total. The Morgan fingerprint density at radius 1 is 1.29 bits per heavy atom. The van der Waals surface area contributed by atoms with Crippen molar-refractivity contribution < 1.29 is 13.7 Å². The lowest BCUT2D eigenvalue weighted by Crippen LogP contribution is -2.25. The molecule has 4 rings (SSSR count). The Morgan fingerprint density at radius 2 is 2.12 bits per heavy atom. The average molecular weight is 327 g/mol. The molecule has 6 nitrogen and oxygen atoms in total. The van der Waals surface area contributed by atoms with Crippen LogP contribution in [0.3, 0.4) is 0 Å². The number of rotatable bonds is 4. The number of ether oxygens (including phenoxy) is 1. The van der Waals surface area contributed by atoms with Crippen molar-refractivity contribution in [2.45, 2.75) is 39.0 Å². The van der Waals surface area contributed by atoms with Crippen LogP contribution in [0.5, 0.6) is 0 Å². The van der Waals surface area contributed by atoms with E-state index in [0.717, 1.165) is 36.2 Å². The summed E-state index contributed by atoms with van der Waals surface area (Å²) in [5.41, 5.74) is 2.14. The van der Waals surface area contributed by atoms with Crippen molar-refractivity contribution in [3.05, 3.63) is 47.3 Å². The third kappa shape index (κ3) is 2.61. The van der Waals surface area contributed by atoms with Crippen molar-refractivity contribution in [2.24, 2.45) is 0 Å². The monoisotopic (exact) mass is 327 g/mol. The van der Waals surface area contributed by atoms with Crippen molar-refractivity contribution in [1.82, 2.24) is 15.0 Å². The fourth-order valence-electron chi connectivity index (χ4n) is 3.53. The molecule has 3 heterocycles. The molecule has 2 aromatic heterocycles. The summed E-state index contributed by atoms with van der Waals surface area (Å²) in [5.74, 6) is 2.28. The van der Waals surface area contributed by atoms with Crippen LogP contribution in [0.25, 0.3) is 11.0 Å². The number of aromatic nitrogens is 2. The first-order valence-corrected chi connectivity index (χ1v) is 8.19. The molecule has 0 amide bonds. The summed E-state index contributed by atoms with van der Waals surface area (Å²) in [7, 11) is 1.75. The number of furan rings is 1. The summed E-state index contributed by atoms with van der Waals surface area (Å²) in [5, 5.41) is 5.10. The van der Waals surface area contributed by atoms with Crippen LogP contribution in [-0.2, 0) is 11.3 Å². The van der Waals surface area contributed by atoms with Gasteiger partial charge in [-0.15, -0.1) is 0 Å². The molecule has 1 aliphatic heterocycles. The standard InChI is InChI=1S/C18H21N3O3/c1-11-15(14-6-4-5-7-17(14)23-11)10-21-9-13(22-3)8-16(21)18-19-12(2)20-24-18/h4-7,13,16H,8-10H2,1-3H3/t13-,16-/m1/s1. The molecule has 126 valence electrons. The Balaban J connectivity index is 1.67. The van der Waals surface area contributed by atoms with Crippen molar-refractivity contribution in [3.63, 3.8) is 0 Å². The van der Waals surface area contributed by atoms with Crippen molar-refractivity contribution >= 4 is 11.0 Å². The predicted molar refractivity (Wildman–Crippen MR) is 88.6 cm³/mol. The van der Waals surface area contributed by atoms with E-state index in [0.29, 0.717) is 11.7 Å². The van der Waals surface area contributed by atoms with Crippen LogP contribution in [0.15, 0.2) is 33.2 Å². The van der Waals surface area contributed by atoms with Gasteiger partial charge in [-0.25, -0.2) is 0 Å². The van der Waals surface area contributed by atoms with Crippen molar-refractivity contribution in [2.75, 3.05) is 13.7 Å². The maximum absolute atomic E-state index is 5.90. The molecule has 1 fully saturated rings. The lowest BCUT2D eigenvalue weighted by atomic mass is 10.1. The highest BCUT2D eigenvalue weighted by atomic mass is 16.5. The normalized spacial score (nSPS) is 21.8. The highest BCUT2D eigenvalue weighted by Crippen LogP contribution is 2.36. The Hall–Kier alpha value is -2.18. The van der Waals surface area contributed by atoms with Gasteiger partial charge in [0.15, 0.2) is 5.82 Å². The molecule has 24 heavy (non-hydrogen) atoms. The zero-order valence-electron chi connectivity index (χ0n) is 14.2. The maximum Gasteiger partial charge on any atom is 0.244 e. The van der Waals surface area contributed by atoms with E-state index < -0.39 is 0 Å². The Labute approximate surface area is 140 Å². The first-order valence-electron chi connectivity index (χ1n) is 8.19. The van der Waals surface area contributed by atoms with Crippen LogP contribution in [0, 0.1) is 13.8 Å². The van der Waals surface area contributed by atoms with E-state index in [1.165, 1.54) is 5.56 Å². The third-order valence-electron chi connectivity index (χ3n) is 4.79. The van der Waals surface area contributed by atoms with Gasteiger partial charge in [0.05, 0.1) is 12.1 Å². The first-order chi connectivity index (χ1) is 11.7. The predicted octanol–water partition coefficient (Wildman–Crippen LogP) is 3.39. The van der Waals surface area contributed by atoms with Crippen LogP contribution < -0.4 is 0 Å². The van der Waals surface area contributed by atoms with E-state index in [2.05, 4.69) is 21.1 Å². The second-order valence-corrected chi connectivity index (χ2v) is 6.35. The second kappa shape index (κ2) is 6.03.